The molecule has 1 atom stereocenters. The minimum absolute atomic E-state index is 0.181. The number of hydrogen-bond acceptors (Lipinski definition) is 2. The highest BCUT2D eigenvalue weighted by Crippen LogP contribution is 2.38. The fourth-order valence-corrected chi connectivity index (χ4v) is 2.72. The third kappa shape index (κ3) is 1.44. The van der Waals surface area contributed by atoms with Crippen LogP contribution in [0.4, 0.5) is 0 Å². The van der Waals surface area contributed by atoms with Gasteiger partial charge in [-0.05, 0) is 36.8 Å². The Morgan fingerprint density at radius 2 is 2.07 bits per heavy atom. The van der Waals surface area contributed by atoms with Gasteiger partial charge in [0.15, 0.2) is 0 Å². The first-order valence-electron chi connectivity index (χ1n) is 5.89. The van der Waals surface area contributed by atoms with E-state index >= 15 is 0 Å². The molecule has 3 rings (SSSR count). The molecular weight excluding hydrogens is 186 g/mol. The molecule has 1 aliphatic carbocycles. The Labute approximate surface area is 90.4 Å². The van der Waals surface area contributed by atoms with E-state index in [9.17, 15) is 0 Å². The van der Waals surface area contributed by atoms with Crippen LogP contribution in [0.2, 0.25) is 0 Å². The summed E-state index contributed by atoms with van der Waals surface area (Å²) in [5.41, 5.74) is 10.2. The monoisotopic (exact) mass is 203 g/mol. The fourth-order valence-electron chi connectivity index (χ4n) is 2.72. The van der Waals surface area contributed by atoms with E-state index in [1.807, 2.05) is 0 Å². The zero-order valence-electron chi connectivity index (χ0n) is 8.96. The second-order valence-corrected chi connectivity index (χ2v) is 4.57. The largest absolute Gasteiger partial charge is 0.493 e. The maximum absolute atomic E-state index is 6.10. The molecule has 1 aromatic rings. The highest BCUT2D eigenvalue weighted by molar-refractivity contribution is 5.49. The van der Waals surface area contributed by atoms with Gasteiger partial charge >= 0.3 is 0 Å². The lowest BCUT2D eigenvalue weighted by Crippen LogP contribution is -2.22. The zero-order chi connectivity index (χ0) is 10.3. The number of benzene rings is 1. The van der Waals surface area contributed by atoms with Crippen LogP contribution in [0.3, 0.4) is 0 Å². The summed E-state index contributed by atoms with van der Waals surface area (Å²) in [5, 5.41) is 0. The van der Waals surface area contributed by atoms with Crippen LogP contribution >= 0.6 is 0 Å². The molecule has 0 fully saturated rings. The van der Waals surface area contributed by atoms with Crippen molar-refractivity contribution in [2.75, 3.05) is 6.61 Å². The molecular formula is C13H17NO. The van der Waals surface area contributed by atoms with Crippen molar-refractivity contribution in [3.63, 3.8) is 0 Å². The molecule has 0 radical (unpaired) electrons. The standard InChI is InChI=1S/C13H17NO/c14-12-7-8-15-13-10-4-2-1-3-9(10)5-6-11(12)13/h5-6,12H,1-4,7-8,14H2. The summed E-state index contributed by atoms with van der Waals surface area (Å²) in [6.45, 7) is 0.782. The molecule has 80 valence electrons. The Morgan fingerprint density at radius 1 is 1.20 bits per heavy atom. The first-order chi connectivity index (χ1) is 7.36. The molecule has 2 heteroatoms. The van der Waals surface area contributed by atoms with Crippen LogP contribution in [0.15, 0.2) is 12.1 Å². The van der Waals surface area contributed by atoms with Crippen molar-refractivity contribution >= 4 is 0 Å². The number of rotatable bonds is 0. The SMILES string of the molecule is NC1CCOc2c1ccc1c2CCCC1. The molecule has 1 aliphatic heterocycles. The van der Waals surface area contributed by atoms with Gasteiger partial charge in [-0.1, -0.05) is 12.1 Å². The Hall–Kier alpha value is -1.02. The summed E-state index contributed by atoms with van der Waals surface area (Å²) in [6.07, 6.45) is 5.94. The van der Waals surface area contributed by atoms with Crippen LogP contribution in [-0.2, 0) is 12.8 Å². The first-order valence-corrected chi connectivity index (χ1v) is 5.89. The van der Waals surface area contributed by atoms with Gasteiger partial charge in [-0.15, -0.1) is 0 Å². The average Bonchev–Trinajstić information content (AvgIpc) is 2.29. The summed E-state index contributed by atoms with van der Waals surface area (Å²) in [6, 6.07) is 4.60. The molecule has 0 saturated carbocycles. The Bertz CT molecular complexity index is 386. The maximum Gasteiger partial charge on any atom is 0.127 e. The lowest BCUT2D eigenvalue weighted by Gasteiger charge is -2.28. The van der Waals surface area contributed by atoms with E-state index in [-0.39, 0.29) is 6.04 Å². The van der Waals surface area contributed by atoms with Crippen molar-refractivity contribution in [2.24, 2.45) is 5.73 Å². The predicted molar refractivity (Wildman–Crippen MR) is 60.1 cm³/mol. The predicted octanol–water partition coefficient (Wildman–Crippen LogP) is 2.35. The van der Waals surface area contributed by atoms with E-state index in [2.05, 4.69) is 12.1 Å². The van der Waals surface area contributed by atoms with Crippen molar-refractivity contribution in [2.45, 2.75) is 38.1 Å². The topological polar surface area (TPSA) is 35.2 Å². The van der Waals surface area contributed by atoms with Crippen molar-refractivity contribution in [1.29, 1.82) is 0 Å². The third-order valence-electron chi connectivity index (χ3n) is 3.59. The molecule has 1 aromatic carbocycles. The van der Waals surface area contributed by atoms with E-state index < -0.39 is 0 Å². The van der Waals surface area contributed by atoms with Crippen molar-refractivity contribution in [1.82, 2.24) is 0 Å². The van der Waals surface area contributed by atoms with E-state index in [4.69, 9.17) is 10.5 Å². The molecule has 1 unspecified atom stereocenters. The van der Waals surface area contributed by atoms with Gasteiger partial charge in [-0.25, -0.2) is 0 Å². The lowest BCUT2D eigenvalue weighted by molar-refractivity contribution is 0.265. The summed E-state index contributed by atoms with van der Waals surface area (Å²) in [5.74, 6) is 1.12. The summed E-state index contributed by atoms with van der Waals surface area (Å²) in [4.78, 5) is 0. The van der Waals surface area contributed by atoms with Crippen LogP contribution in [0, 0.1) is 0 Å². The van der Waals surface area contributed by atoms with Crippen molar-refractivity contribution in [3.8, 4) is 5.75 Å². The van der Waals surface area contributed by atoms with Gasteiger partial charge in [0, 0.05) is 18.0 Å². The van der Waals surface area contributed by atoms with Gasteiger partial charge < -0.3 is 10.5 Å². The van der Waals surface area contributed by atoms with E-state index in [0.29, 0.717) is 0 Å². The fraction of sp³-hybridized carbons (Fsp3) is 0.538. The highest BCUT2D eigenvalue weighted by atomic mass is 16.5. The maximum atomic E-state index is 6.10. The van der Waals surface area contributed by atoms with E-state index in [0.717, 1.165) is 18.8 Å². The van der Waals surface area contributed by atoms with E-state index in [1.54, 1.807) is 0 Å². The number of aryl methyl sites for hydroxylation is 1. The summed E-state index contributed by atoms with van der Waals surface area (Å²) >= 11 is 0. The number of fused-ring (bicyclic) bond motifs is 3. The summed E-state index contributed by atoms with van der Waals surface area (Å²) < 4.78 is 5.81. The molecule has 2 aliphatic rings. The normalized spacial score (nSPS) is 23.9. The van der Waals surface area contributed by atoms with Crippen LogP contribution < -0.4 is 10.5 Å². The van der Waals surface area contributed by atoms with Gasteiger partial charge in [-0.3, -0.25) is 0 Å². The Morgan fingerprint density at radius 3 is 3.00 bits per heavy atom. The summed E-state index contributed by atoms with van der Waals surface area (Å²) in [7, 11) is 0. The average molecular weight is 203 g/mol. The highest BCUT2D eigenvalue weighted by Gasteiger charge is 2.23. The van der Waals surface area contributed by atoms with Crippen LogP contribution in [-0.4, -0.2) is 6.61 Å². The second kappa shape index (κ2) is 3.53. The number of ether oxygens (including phenoxy) is 1. The Balaban J connectivity index is 2.13. The van der Waals surface area contributed by atoms with Crippen molar-refractivity contribution < 1.29 is 4.74 Å². The molecule has 0 amide bonds. The van der Waals surface area contributed by atoms with Crippen molar-refractivity contribution in [3.05, 3.63) is 28.8 Å². The van der Waals surface area contributed by atoms with Crippen LogP contribution in [0.25, 0.3) is 0 Å². The minimum Gasteiger partial charge on any atom is -0.493 e. The molecule has 1 heterocycles. The smallest absolute Gasteiger partial charge is 0.127 e. The van der Waals surface area contributed by atoms with Crippen LogP contribution in [0.1, 0.15) is 42.0 Å². The minimum atomic E-state index is 0.181. The van der Waals surface area contributed by atoms with Gasteiger partial charge in [0.05, 0.1) is 6.61 Å². The first kappa shape index (κ1) is 9.22. The van der Waals surface area contributed by atoms with Gasteiger partial charge in [0.25, 0.3) is 0 Å². The molecule has 2 nitrogen and oxygen atoms in total. The Kier molecular flexibility index (Phi) is 2.17. The molecule has 15 heavy (non-hydrogen) atoms. The van der Waals surface area contributed by atoms with Gasteiger partial charge in [-0.2, -0.15) is 0 Å². The van der Waals surface area contributed by atoms with Crippen LogP contribution in [0.5, 0.6) is 5.75 Å². The molecule has 2 N–H and O–H groups in total. The lowest BCUT2D eigenvalue weighted by atomic mass is 9.87. The number of nitrogens with two attached hydrogens (primary N) is 1. The molecule has 0 saturated heterocycles. The molecule has 0 bridgehead atoms. The quantitative estimate of drug-likeness (QED) is 0.702. The van der Waals surface area contributed by atoms with Gasteiger partial charge in [0.1, 0.15) is 5.75 Å². The molecule has 0 spiro atoms. The van der Waals surface area contributed by atoms with E-state index in [1.165, 1.54) is 42.4 Å². The number of hydrogen-bond donors (Lipinski definition) is 1. The van der Waals surface area contributed by atoms with Gasteiger partial charge in [0.2, 0.25) is 0 Å². The molecule has 0 aromatic heterocycles. The third-order valence-corrected chi connectivity index (χ3v) is 3.59. The zero-order valence-corrected chi connectivity index (χ0v) is 8.96. The second-order valence-electron chi connectivity index (χ2n) is 4.57.